The highest BCUT2D eigenvalue weighted by atomic mass is 32.1. The monoisotopic (exact) mass is 562 g/mol. The molecule has 0 fully saturated rings. The molecule has 3 aromatic rings. The van der Waals surface area contributed by atoms with Gasteiger partial charge in [-0.25, -0.2) is 5.43 Å². The second kappa shape index (κ2) is 13.8. The molecule has 0 spiro atoms. The molecular formula is C31H38N4O4S. The van der Waals surface area contributed by atoms with E-state index in [4.69, 9.17) is 0 Å². The Hall–Kier alpha value is -3.37. The summed E-state index contributed by atoms with van der Waals surface area (Å²) in [7, 11) is 0. The molecule has 4 rings (SSSR count). The van der Waals surface area contributed by atoms with Crippen LogP contribution in [-0.2, 0) is 19.4 Å². The minimum absolute atomic E-state index is 0.296. The first-order chi connectivity index (χ1) is 19.2. The Labute approximate surface area is 239 Å². The van der Waals surface area contributed by atoms with Crippen LogP contribution >= 0.6 is 11.3 Å². The average Bonchev–Trinajstić information content (AvgIpc) is 3.27. The van der Waals surface area contributed by atoms with Gasteiger partial charge < -0.3 is 15.5 Å². The van der Waals surface area contributed by atoms with Crippen molar-refractivity contribution in [3.8, 4) is 0 Å². The number of aliphatic hydroxyl groups excluding tert-OH is 2. The van der Waals surface area contributed by atoms with E-state index in [1.165, 1.54) is 11.3 Å². The number of hydrogen-bond acceptors (Lipinski definition) is 7. The lowest BCUT2D eigenvalue weighted by Gasteiger charge is -2.25. The summed E-state index contributed by atoms with van der Waals surface area (Å²) in [6.45, 7) is 6.73. The number of fused-ring (bicyclic) bond motifs is 1. The molecule has 1 aliphatic rings. The lowest BCUT2D eigenvalue weighted by molar-refractivity contribution is 0.0793. The van der Waals surface area contributed by atoms with Gasteiger partial charge in [0.05, 0.1) is 24.0 Å². The predicted molar refractivity (Wildman–Crippen MR) is 160 cm³/mol. The Morgan fingerprint density at radius 2 is 1.73 bits per heavy atom. The van der Waals surface area contributed by atoms with Gasteiger partial charge in [-0.1, -0.05) is 42.0 Å². The van der Waals surface area contributed by atoms with Crippen molar-refractivity contribution in [1.82, 2.24) is 10.3 Å². The molecule has 0 bridgehead atoms. The minimum Gasteiger partial charge on any atom is -0.392 e. The van der Waals surface area contributed by atoms with E-state index < -0.39 is 12.2 Å². The van der Waals surface area contributed by atoms with Gasteiger partial charge >= 0.3 is 0 Å². The van der Waals surface area contributed by atoms with Crippen molar-refractivity contribution in [2.45, 2.75) is 65.2 Å². The Morgan fingerprint density at radius 1 is 1.02 bits per heavy atom. The number of thiophene rings is 1. The minimum atomic E-state index is -0.541. The molecule has 2 aromatic carbocycles. The summed E-state index contributed by atoms with van der Waals surface area (Å²) in [6, 6.07) is 15.1. The zero-order valence-electron chi connectivity index (χ0n) is 23.3. The summed E-state index contributed by atoms with van der Waals surface area (Å²) in [5, 5.41) is 27.4. The van der Waals surface area contributed by atoms with Crippen LogP contribution in [0, 0.1) is 6.92 Å². The van der Waals surface area contributed by atoms with E-state index in [1.54, 1.807) is 26.1 Å². The van der Waals surface area contributed by atoms with Crippen LogP contribution in [0.15, 0.2) is 53.6 Å². The molecule has 0 saturated carbocycles. The smallest absolute Gasteiger partial charge is 0.274 e. The Balaban J connectivity index is 1.51. The number of aryl methyl sites for hydroxylation is 2. The largest absolute Gasteiger partial charge is 0.392 e. The number of carbonyl (C=O) groups is 2. The van der Waals surface area contributed by atoms with E-state index in [-0.39, 0.29) is 11.8 Å². The van der Waals surface area contributed by atoms with Crippen LogP contribution < -0.4 is 10.7 Å². The molecule has 212 valence electrons. The lowest BCUT2D eigenvalue weighted by Crippen LogP contribution is -2.35. The summed E-state index contributed by atoms with van der Waals surface area (Å²) in [4.78, 5) is 29.8. The molecule has 0 aliphatic heterocycles. The third-order valence-corrected chi connectivity index (χ3v) is 7.93. The first kappa shape index (κ1) is 29.6. The number of hydrazone groups is 1. The van der Waals surface area contributed by atoms with Crippen LogP contribution in [0.2, 0.25) is 0 Å². The Kier molecular flexibility index (Phi) is 10.2. The number of anilines is 1. The highest BCUT2D eigenvalue weighted by Gasteiger charge is 2.26. The molecule has 4 N–H and O–H groups in total. The Bertz CT molecular complexity index is 1340. The Morgan fingerprint density at radius 3 is 2.42 bits per heavy atom. The topological polar surface area (TPSA) is 114 Å². The van der Waals surface area contributed by atoms with E-state index in [9.17, 15) is 19.8 Å². The maximum absolute atomic E-state index is 13.4. The van der Waals surface area contributed by atoms with Gasteiger partial charge in [0.2, 0.25) is 0 Å². The molecule has 2 amide bonds. The van der Waals surface area contributed by atoms with Gasteiger partial charge in [0, 0.05) is 30.1 Å². The van der Waals surface area contributed by atoms with Gasteiger partial charge in [-0.05, 0) is 75.3 Å². The maximum Gasteiger partial charge on any atom is 0.274 e. The average molecular weight is 563 g/mol. The number of amides is 2. The van der Waals surface area contributed by atoms with Crippen LogP contribution in [0.25, 0.3) is 0 Å². The normalized spacial score (nSPS) is 14.7. The molecule has 2 unspecified atom stereocenters. The fourth-order valence-corrected chi connectivity index (χ4v) is 6.25. The maximum atomic E-state index is 13.4. The van der Waals surface area contributed by atoms with Gasteiger partial charge in [-0.15, -0.1) is 11.3 Å². The van der Waals surface area contributed by atoms with Crippen molar-refractivity contribution in [2.75, 3.05) is 18.4 Å². The molecule has 0 saturated heterocycles. The van der Waals surface area contributed by atoms with Crippen LogP contribution in [0.3, 0.4) is 0 Å². The molecule has 1 aromatic heterocycles. The van der Waals surface area contributed by atoms with E-state index in [0.29, 0.717) is 35.8 Å². The molecule has 0 radical (unpaired) electrons. The molecule has 9 heteroatoms. The number of nitrogens with zero attached hydrogens (tertiary/aromatic N) is 2. The van der Waals surface area contributed by atoms with E-state index in [0.717, 1.165) is 52.8 Å². The fourth-order valence-electron chi connectivity index (χ4n) is 4.96. The van der Waals surface area contributed by atoms with Crippen molar-refractivity contribution < 1.29 is 19.8 Å². The van der Waals surface area contributed by atoms with Gasteiger partial charge in [-0.3, -0.25) is 14.5 Å². The number of aliphatic hydroxyl groups is 2. The van der Waals surface area contributed by atoms with Gasteiger partial charge in [0.15, 0.2) is 0 Å². The number of carbonyl (C=O) groups excluding carboxylic acids is 2. The standard InChI is InChI=1S/C31H38N4O4S/c1-20-11-13-23(14-12-20)16-32-34-30(39)28-26-9-4-5-10-27(26)40-31(28)33-29(38)25-8-6-7-24(15-25)19-35(17-21(2)36)18-22(3)37/h6-8,11-16,21-22,36-37H,4-5,9-10,17-19H2,1-3H3,(H,33,38)(H,34,39)/b32-16+. The SMILES string of the molecule is Cc1ccc(/C=N/NC(=O)c2c(NC(=O)c3cccc(CN(CC(C)O)CC(C)O)c3)sc3c2CCCC3)cc1. The number of hydrogen-bond donors (Lipinski definition) is 4. The van der Waals surface area contributed by atoms with Gasteiger partial charge in [-0.2, -0.15) is 5.10 Å². The second-order valence-corrected chi connectivity index (χ2v) is 11.7. The molecule has 2 atom stereocenters. The van der Waals surface area contributed by atoms with Gasteiger partial charge in [0.1, 0.15) is 5.00 Å². The lowest BCUT2D eigenvalue weighted by atomic mass is 9.95. The number of benzene rings is 2. The van der Waals surface area contributed by atoms with Crippen molar-refractivity contribution in [3.63, 3.8) is 0 Å². The van der Waals surface area contributed by atoms with Crippen LogP contribution in [0.1, 0.15) is 74.5 Å². The molecular weight excluding hydrogens is 524 g/mol. The van der Waals surface area contributed by atoms with Gasteiger partial charge in [0.25, 0.3) is 11.8 Å². The molecule has 1 aliphatic carbocycles. The zero-order chi connectivity index (χ0) is 28.6. The van der Waals surface area contributed by atoms with Crippen LogP contribution in [0.5, 0.6) is 0 Å². The number of rotatable bonds is 11. The summed E-state index contributed by atoms with van der Waals surface area (Å²) in [5.41, 5.74) is 7.53. The first-order valence-electron chi connectivity index (χ1n) is 13.7. The summed E-state index contributed by atoms with van der Waals surface area (Å²) in [5.74, 6) is -0.631. The van der Waals surface area contributed by atoms with Crippen molar-refractivity contribution in [1.29, 1.82) is 0 Å². The van der Waals surface area contributed by atoms with Crippen molar-refractivity contribution in [2.24, 2.45) is 5.10 Å². The van der Waals surface area contributed by atoms with Crippen LogP contribution in [-0.4, -0.2) is 58.4 Å². The van der Waals surface area contributed by atoms with Crippen molar-refractivity contribution in [3.05, 3.63) is 86.8 Å². The van der Waals surface area contributed by atoms with E-state index in [2.05, 4.69) is 15.8 Å². The van der Waals surface area contributed by atoms with E-state index in [1.807, 2.05) is 54.3 Å². The highest BCUT2D eigenvalue weighted by molar-refractivity contribution is 7.17. The van der Waals surface area contributed by atoms with Crippen LogP contribution in [0.4, 0.5) is 5.00 Å². The third-order valence-electron chi connectivity index (χ3n) is 6.72. The second-order valence-electron chi connectivity index (χ2n) is 10.6. The third kappa shape index (κ3) is 8.08. The predicted octanol–water partition coefficient (Wildman–Crippen LogP) is 4.52. The molecule has 8 nitrogen and oxygen atoms in total. The van der Waals surface area contributed by atoms with E-state index >= 15 is 0 Å². The fraction of sp³-hybridized carbons (Fsp3) is 0.387. The first-order valence-corrected chi connectivity index (χ1v) is 14.5. The summed E-state index contributed by atoms with van der Waals surface area (Å²) >= 11 is 1.46. The number of nitrogens with one attached hydrogen (secondary N) is 2. The quantitative estimate of drug-likeness (QED) is 0.203. The summed E-state index contributed by atoms with van der Waals surface area (Å²) < 4.78 is 0. The zero-order valence-corrected chi connectivity index (χ0v) is 24.1. The molecule has 1 heterocycles. The highest BCUT2D eigenvalue weighted by Crippen LogP contribution is 2.38. The molecule has 40 heavy (non-hydrogen) atoms. The van der Waals surface area contributed by atoms with Crippen molar-refractivity contribution >= 4 is 34.4 Å². The summed E-state index contributed by atoms with van der Waals surface area (Å²) in [6.07, 6.45) is 4.27.